The number of benzene rings is 1. The summed E-state index contributed by atoms with van der Waals surface area (Å²) in [5, 5.41) is 18.1. The Kier molecular flexibility index (Phi) is 4.49. The number of hydrogen-bond donors (Lipinski definition) is 1. The minimum Gasteiger partial charge on any atom is -0.324 e. The summed E-state index contributed by atoms with van der Waals surface area (Å²) < 4.78 is 1.40. The molecule has 0 aliphatic carbocycles. The van der Waals surface area contributed by atoms with Crippen LogP contribution in [0.5, 0.6) is 0 Å². The maximum absolute atomic E-state index is 12.5. The number of amides is 1. The minimum atomic E-state index is -0.651. The summed E-state index contributed by atoms with van der Waals surface area (Å²) in [5.74, 6) is -0.261. The van der Waals surface area contributed by atoms with E-state index in [9.17, 15) is 14.9 Å². The first kappa shape index (κ1) is 16.7. The van der Waals surface area contributed by atoms with E-state index in [1.165, 1.54) is 4.68 Å². The predicted octanol–water partition coefficient (Wildman–Crippen LogP) is 3.22. The van der Waals surface area contributed by atoms with Crippen LogP contribution in [0.4, 0.5) is 11.4 Å². The molecule has 1 heterocycles. The van der Waals surface area contributed by atoms with E-state index in [4.69, 9.17) is 0 Å². The third-order valence-corrected chi connectivity index (χ3v) is 3.94. The standard InChI is InChI=1S/C16H20N4O3/c1-9-7-6-8-10(2)14(9)17-16(21)13(5)19-12(4)15(20(22)23)11(3)18-19/h6-8,13H,1-5H3,(H,17,21). The summed E-state index contributed by atoms with van der Waals surface area (Å²) in [6, 6.07) is 5.11. The Morgan fingerprint density at radius 3 is 2.30 bits per heavy atom. The molecule has 0 aliphatic rings. The normalized spacial score (nSPS) is 12.0. The Bertz CT molecular complexity index is 760. The van der Waals surface area contributed by atoms with Crippen LogP contribution in [-0.2, 0) is 4.79 Å². The van der Waals surface area contributed by atoms with Crippen LogP contribution in [-0.4, -0.2) is 20.6 Å². The maximum atomic E-state index is 12.5. The monoisotopic (exact) mass is 316 g/mol. The van der Waals surface area contributed by atoms with Crippen LogP contribution in [0.25, 0.3) is 0 Å². The Hall–Kier alpha value is -2.70. The number of aromatic nitrogens is 2. The number of rotatable bonds is 4. The van der Waals surface area contributed by atoms with Gasteiger partial charge in [-0.1, -0.05) is 18.2 Å². The second-order valence-electron chi connectivity index (χ2n) is 5.65. The van der Waals surface area contributed by atoms with E-state index in [1.54, 1.807) is 20.8 Å². The molecule has 2 rings (SSSR count). The summed E-state index contributed by atoms with van der Waals surface area (Å²) in [6.07, 6.45) is 0. The van der Waals surface area contributed by atoms with Crippen molar-refractivity contribution >= 4 is 17.3 Å². The van der Waals surface area contributed by atoms with Gasteiger partial charge < -0.3 is 5.32 Å². The summed E-state index contributed by atoms with van der Waals surface area (Å²) in [4.78, 5) is 23.1. The smallest absolute Gasteiger partial charge is 0.312 e. The van der Waals surface area contributed by atoms with Crippen LogP contribution in [0.1, 0.15) is 35.5 Å². The molecule has 122 valence electrons. The van der Waals surface area contributed by atoms with Crippen molar-refractivity contribution in [2.24, 2.45) is 0 Å². The molecule has 23 heavy (non-hydrogen) atoms. The molecule has 0 saturated heterocycles. The average molecular weight is 316 g/mol. The molecule has 2 aromatic rings. The predicted molar refractivity (Wildman–Crippen MR) is 87.6 cm³/mol. The molecule has 1 atom stereocenters. The number of carbonyl (C=O) groups excluding carboxylic acids is 1. The molecule has 7 heteroatoms. The largest absolute Gasteiger partial charge is 0.324 e. The molecule has 0 spiro atoms. The van der Waals surface area contributed by atoms with Gasteiger partial charge in [-0.15, -0.1) is 0 Å². The van der Waals surface area contributed by atoms with Gasteiger partial charge >= 0.3 is 5.69 Å². The first-order chi connectivity index (χ1) is 10.7. The molecule has 1 aromatic heterocycles. The SMILES string of the molecule is Cc1cccc(C)c1NC(=O)C(C)n1nc(C)c([N+](=O)[O-])c1C. The number of nitrogens with zero attached hydrogens (tertiary/aromatic N) is 3. The van der Waals surface area contributed by atoms with Crippen LogP contribution in [0.3, 0.4) is 0 Å². The first-order valence-electron chi connectivity index (χ1n) is 7.31. The number of carbonyl (C=O) groups is 1. The molecule has 0 aliphatic heterocycles. The van der Waals surface area contributed by atoms with Gasteiger partial charge in [-0.2, -0.15) is 5.10 Å². The molecule has 0 radical (unpaired) electrons. The van der Waals surface area contributed by atoms with Crippen molar-refractivity contribution in [3.63, 3.8) is 0 Å². The van der Waals surface area contributed by atoms with Crippen LogP contribution in [0.15, 0.2) is 18.2 Å². The molecule has 0 fully saturated rings. The molecule has 1 aromatic carbocycles. The van der Waals surface area contributed by atoms with Gasteiger partial charge in [0.15, 0.2) is 0 Å². The molecule has 1 N–H and O–H groups in total. The highest BCUT2D eigenvalue weighted by molar-refractivity contribution is 5.94. The summed E-state index contributed by atoms with van der Waals surface area (Å²) in [6.45, 7) is 8.67. The second-order valence-corrected chi connectivity index (χ2v) is 5.65. The highest BCUT2D eigenvalue weighted by atomic mass is 16.6. The molecule has 1 amide bonds. The molecular formula is C16H20N4O3. The van der Waals surface area contributed by atoms with Crippen molar-refractivity contribution in [3.8, 4) is 0 Å². The van der Waals surface area contributed by atoms with Gasteiger partial charge in [0.1, 0.15) is 17.4 Å². The van der Waals surface area contributed by atoms with E-state index in [2.05, 4.69) is 10.4 Å². The summed E-state index contributed by atoms with van der Waals surface area (Å²) >= 11 is 0. The van der Waals surface area contributed by atoms with Crippen LogP contribution in [0, 0.1) is 37.8 Å². The van der Waals surface area contributed by atoms with Crippen molar-refractivity contribution in [1.29, 1.82) is 0 Å². The fraction of sp³-hybridized carbons (Fsp3) is 0.375. The zero-order valence-electron chi connectivity index (χ0n) is 13.9. The fourth-order valence-corrected chi connectivity index (χ4v) is 2.65. The topological polar surface area (TPSA) is 90.1 Å². The van der Waals surface area contributed by atoms with Gasteiger partial charge in [-0.3, -0.25) is 19.6 Å². The number of hydrogen-bond acceptors (Lipinski definition) is 4. The van der Waals surface area contributed by atoms with E-state index < -0.39 is 11.0 Å². The number of para-hydroxylation sites is 1. The second kappa shape index (κ2) is 6.20. The van der Waals surface area contributed by atoms with Crippen LogP contribution < -0.4 is 5.32 Å². The van der Waals surface area contributed by atoms with Gasteiger partial charge in [-0.25, -0.2) is 0 Å². The Labute approximate surface area is 134 Å². The third kappa shape index (κ3) is 3.08. The number of anilines is 1. The lowest BCUT2D eigenvalue weighted by molar-refractivity contribution is -0.386. The van der Waals surface area contributed by atoms with E-state index >= 15 is 0 Å². The van der Waals surface area contributed by atoms with Crippen LogP contribution >= 0.6 is 0 Å². The summed E-state index contributed by atoms with van der Waals surface area (Å²) in [5.41, 5.74) is 3.32. The Morgan fingerprint density at radius 2 is 1.83 bits per heavy atom. The molecular weight excluding hydrogens is 296 g/mol. The lowest BCUT2D eigenvalue weighted by Gasteiger charge is -2.16. The lowest BCUT2D eigenvalue weighted by Crippen LogP contribution is -2.26. The Morgan fingerprint density at radius 1 is 1.26 bits per heavy atom. The molecule has 0 saturated carbocycles. The first-order valence-corrected chi connectivity index (χ1v) is 7.31. The van der Waals surface area contributed by atoms with Crippen molar-refractivity contribution < 1.29 is 9.72 Å². The maximum Gasteiger partial charge on any atom is 0.312 e. The highest BCUT2D eigenvalue weighted by Crippen LogP contribution is 2.26. The van der Waals surface area contributed by atoms with Gasteiger partial charge in [0, 0.05) is 5.69 Å². The highest BCUT2D eigenvalue weighted by Gasteiger charge is 2.27. The van der Waals surface area contributed by atoms with Gasteiger partial charge in [-0.05, 0) is 45.7 Å². The lowest BCUT2D eigenvalue weighted by atomic mass is 10.1. The van der Waals surface area contributed by atoms with Crippen molar-refractivity contribution in [3.05, 3.63) is 50.8 Å². The zero-order chi connectivity index (χ0) is 17.3. The van der Waals surface area contributed by atoms with E-state index in [-0.39, 0.29) is 11.6 Å². The number of nitrogens with one attached hydrogen (secondary N) is 1. The zero-order valence-corrected chi connectivity index (χ0v) is 13.9. The van der Waals surface area contributed by atoms with E-state index in [0.29, 0.717) is 11.4 Å². The van der Waals surface area contributed by atoms with Crippen molar-refractivity contribution in [2.75, 3.05) is 5.32 Å². The number of aryl methyl sites for hydroxylation is 3. The molecule has 1 unspecified atom stereocenters. The van der Waals surface area contributed by atoms with Crippen LogP contribution in [0.2, 0.25) is 0 Å². The summed E-state index contributed by atoms with van der Waals surface area (Å²) in [7, 11) is 0. The fourth-order valence-electron chi connectivity index (χ4n) is 2.65. The molecule has 0 bridgehead atoms. The van der Waals surface area contributed by atoms with E-state index in [1.807, 2.05) is 32.0 Å². The third-order valence-electron chi connectivity index (χ3n) is 3.94. The van der Waals surface area contributed by atoms with Gasteiger partial charge in [0.2, 0.25) is 5.91 Å². The van der Waals surface area contributed by atoms with Crippen molar-refractivity contribution in [1.82, 2.24) is 9.78 Å². The number of nitro groups is 1. The minimum absolute atomic E-state index is 0.0447. The quantitative estimate of drug-likeness (QED) is 0.692. The Balaban J connectivity index is 2.31. The van der Waals surface area contributed by atoms with E-state index in [0.717, 1.165) is 16.8 Å². The van der Waals surface area contributed by atoms with Crippen molar-refractivity contribution in [2.45, 2.75) is 40.7 Å². The molecule has 7 nitrogen and oxygen atoms in total. The van der Waals surface area contributed by atoms with Gasteiger partial charge in [0.05, 0.1) is 4.92 Å². The average Bonchev–Trinajstić information content (AvgIpc) is 2.77. The van der Waals surface area contributed by atoms with Gasteiger partial charge in [0.25, 0.3) is 0 Å².